The number of pyridine rings is 1. The fourth-order valence-corrected chi connectivity index (χ4v) is 4.69. The highest BCUT2D eigenvalue weighted by atomic mass is 19.4. The molecule has 3 atom stereocenters. The van der Waals surface area contributed by atoms with E-state index in [2.05, 4.69) is 10.3 Å². The highest BCUT2D eigenvalue weighted by Gasteiger charge is 2.45. The largest absolute Gasteiger partial charge is 0.490 e. The van der Waals surface area contributed by atoms with Crippen LogP contribution in [0.25, 0.3) is 10.9 Å². The van der Waals surface area contributed by atoms with Crippen LogP contribution >= 0.6 is 0 Å². The Bertz CT molecular complexity index is 1290. The van der Waals surface area contributed by atoms with Gasteiger partial charge in [0, 0.05) is 73.6 Å². The molecule has 1 aromatic carbocycles. The maximum Gasteiger partial charge on any atom is 0.490 e. The molecular formula is C25H25F3N4O5. The Morgan fingerprint density at radius 1 is 1.14 bits per heavy atom. The molecule has 0 radical (unpaired) electrons. The second kappa shape index (κ2) is 10.6. The van der Waals surface area contributed by atoms with E-state index in [9.17, 15) is 22.8 Å². The van der Waals surface area contributed by atoms with E-state index in [4.69, 9.17) is 14.6 Å². The van der Waals surface area contributed by atoms with Crippen LogP contribution in [-0.2, 0) is 16.6 Å². The molecule has 2 aromatic heterocycles. The van der Waals surface area contributed by atoms with Gasteiger partial charge in [-0.2, -0.15) is 13.2 Å². The van der Waals surface area contributed by atoms with Gasteiger partial charge < -0.3 is 24.6 Å². The summed E-state index contributed by atoms with van der Waals surface area (Å²) in [6.45, 7) is 2.41. The monoisotopic (exact) mass is 518 g/mol. The quantitative estimate of drug-likeness (QED) is 0.549. The van der Waals surface area contributed by atoms with Crippen LogP contribution < -0.4 is 5.32 Å². The average molecular weight is 518 g/mol. The van der Waals surface area contributed by atoms with E-state index < -0.39 is 12.1 Å². The molecule has 12 heteroatoms. The predicted molar refractivity (Wildman–Crippen MR) is 126 cm³/mol. The molecule has 2 aliphatic rings. The van der Waals surface area contributed by atoms with E-state index in [1.165, 1.54) is 0 Å². The number of halogens is 3. The van der Waals surface area contributed by atoms with Crippen molar-refractivity contribution in [2.75, 3.05) is 26.2 Å². The highest BCUT2D eigenvalue weighted by molar-refractivity contribution is 6.07. The number of rotatable bonds is 4. The number of para-hydroxylation sites is 1. The molecule has 2 fully saturated rings. The van der Waals surface area contributed by atoms with Gasteiger partial charge in [0.05, 0.1) is 18.3 Å². The fourth-order valence-electron chi connectivity index (χ4n) is 4.69. The van der Waals surface area contributed by atoms with Gasteiger partial charge in [-0.1, -0.05) is 18.2 Å². The van der Waals surface area contributed by atoms with Crippen molar-refractivity contribution in [3.05, 3.63) is 66.1 Å². The van der Waals surface area contributed by atoms with Gasteiger partial charge in [-0.25, -0.2) is 4.79 Å². The van der Waals surface area contributed by atoms with Gasteiger partial charge in [0.1, 0.15) is 0 Å². The summed E-state index contributed by atoms with van der Waals surface area (Å²) in [5, 5.41) is 11.1. The summed E-state index contributed by atoms with van der Waals surface area (Å²) in [6.07, 6.45) is 0.0788. The molecule has 0 unspecified atom stereocenters. The summed E-state index contributed by atoms with van der Waals surface area (Å²) in [4.78, 5) is 40.3. The maximum atomic E-state index is 13.2. The van der Waals surface area contributed by atoms with E-state index >= 15 is 0 Å². The van der Waals surface area contributed by atoms with Crippen LogP contribution in [0.15, 0.2) is 55.0 Å². The third-order valence-corrected chi connectivity index (χ3v) is 6.56. The molecule has 2 N–H and O–H groups in total. The molecular weight excluding hydrogens is 493 g/mol. The van der Waals surface area contributed by atoms with Gasteiger partial charge in [-0.15, -0.1) is 0 Å². The first kappa shape index (κ1) is 26.1. The number of carbonyl (C=O) groups is 3. The van der Waals surface area contributed by atoms with Crippen LogP contribution in [0.2, 0.25) is 0 Å². The molecule has 4 heterocycles. The van der Waals surface area contributed by atoms with E-state index in [0.717, 1.165) is 16.5 Å². The molecule has 196 valence electrons. The second-order valence-corrected chi connectivity index (χ2v) is 8.93. The van der Waals surface area contributed by atoms with E-state index in [1.54, 1.807) is 24.5 Å². The third kappa shape index (κ3) is 5.74. The number of hydrogen-bond donors (Lipinski definition) is 2. The number of nitrogens with one attached hydrogen (secondary N) is 1. The first-order valence-corrected chi connectivity index (χ1v) is 11.5. The minimum absolute atomic E-state index is 0.0340. The van der Waals surface area contributed by atoms with Crippen molar-refractivity contribution < 1.29 is 37.4 Å². The number of hydrogen-bond acceptors (Lipinski definition) is 5. The van der Waals surface area contributed by atoms with Crippen LogP contribution in [0.4, 0.5) is 13.2 Å². The van der Waals surface area contributed by atoms with Crippen molar-refractivity contribution in [2.45, 2.75) is 12.3 Å². The summed E-state index contributed by atoms with van der Waals surface area (Å²) in [7, 11) is 1.96. The molecule has 2 amide bonds. The van der Waals surface area contributed by atoms with Crippen molar-refractivity contribution in [1.29, 1.82) is 0 Å². The summed E-state index contributed by atoms with van der Waals surface area (Å²) in [5.74, 6) is -2.38. The molecule has 37 heavy (non-hydrogen) atoms. The standard InChI is InChI=1S/C23H24N4O3.C2HF3O2/c1-26-11-19(17-4-2-3-5-20(17)26)23(29)27-12-18-16(14-30-21(18)13-27)10-25-22(28)15-6-8-24-9-7-15;3-2(4,5)1(6)7/h2-9,11,16,18,21H,10,12-14H2,1H3,(H,25,28);(H,6,7)/t16-,18-,21-;/m1./s1. The maximum absolute atomic E-state index is 13.2. The Balaban J connectivity index is 0.000000405. The van der Waals surface area contributed by atoms with Gasteiger partial charge in [0.2, 0.25) is 0 Å². The number of ether oxygens (including phenoxy) is 1. The summed E-state index contributed by atoms with van der Waals surface area (Å²) >= 11 is 0. The van der Waals surface area contributed by atoms with Gasteiger partial charge in [0.15, 0.2) is 0 Å². The number of fused-ring (bicyclic) bond motifs is 2. The fraction of sp³-hybridized carbons (Fsp3) is 0.360. The minimum atomic E-state index is -5.08. The average Bonchev–Trinajstić information content (AvgIpc) is 3.56. The van der Waals surface area contributed by atoms with Crippen molar-refractivity contribution >= 4 is 28.7 Å². The number of carbonyl (C=O) groups excluding carboxylic acids is 2. The lowest BCUT2D eigenvalue weighted by Gasteiger charge is -2.20. The topological polar surface area (TPSA) is 114 Å². The van der Waals surface area contributed by atoms with E-state index in [-0.39, 0.29) is 29.8 Å². The SMILES string of the molecule is Cn1cc(C(=O)N2C[C@@H]3[C@H](CNC(=O)c4ccncc4)CO[C@@H]3C2)c2ccccc21.O=C(O)C(F)(F)F. The number of alkyl halides is 3. The van der Waals surface area contributed by atoms with Crippen LogP contribution in [0.5, 0.6) is 0 Å². The van der Waals surface area contributed by atoms with Crippen molar-refractivity contribution in [1.82, 2.24) is 19.8 Å². The molecule has 9 nitrogen and oxygen atoms in total. The summed E-state index contributed by atoms with van der Waals surface area (Å²) in [5.41, 5.74) is 2.38. The number of aromatic nitrogens is 2. The normalized spacial score (nSPS) is 20.8. The smallest absolute Gasteiger partial charge is 0.475 e. The zero-order chi connectivity index (χ0) is 26.7. The number of aryl methyl sites for hydroxylation is 1. The Labute approximate surface area is 209 Å². The van der Waals surface area contributed by atoms with E-state index in [0.29, 0.717) is 31.8 Å². The first-order valence-electron chi connectivity index (χ1n) is 11.5. The molecule has 5 rings (SSSR count). The van der Waals surface area contributed by atoms with Gasteiger partial charge in [-0.3, -0.25) is 14.6 Å². The van der Waals surface area contributed by atoms with Crippen LogP contribution in [0.1, 0.15) is 20.7 Å². The van der Waals surface area contributed by atoms with Crippen molar-refractivity contribution in [2.24, 2.45) is 18.9 Å². The Morgan fingerprint density at radius 2 is 1.81 bits per heavy atom. The predicted octanol–water partition coefficient (Wildman–Crippen LogP) is 2.72. The molecule has 0 bridgehead atoms. The zero-order valence-corrected chi connectivity index (χ0v) is 19.8. The van der Waals surface area contributed by atoms with Crippen LogP contribution in [0.3, 0.4) is 0 Å². The third-order valence-electron chi connectivity index (χ3n) is 6.56. The lowest BCUT2D eigenvalue weighted by Crippen LogP contribution is -2.35. The lowest BCUT2D eigenvalue weighted by atomic mass is 9.93. The number of likely N-dealkylation sites (tertiary alicyclic amines) is 1. The molecule has 0 aliphatic carbocycles. The Morgan fingerprint density at radius 3 is 2.49 bits per heavy atom. The number of carboxylic acids is 1. The van der Waals surface area contributed by atoms with Crippen molar-refractivity contribution in [3.8, 4) is 0 Å². The number of benzene rings is 1. The molecule has 0 spiro atoms. The highest BCUT2D eigenvalue weighted by Crippen LogP contribution is 2.35. The molecule has 2 saturated heterocycles. The molecule has 2 aliphatic heterocycles. The lowest BCUT2D eigenvalue weighted by molar-refractivity contribution is -0.192. The number of nitrogens with zero attached hydrogens (tertiary/aromatic N) is 3. The summed E-state index contributed by atoms with van der Waals surface area (Å²) < 4.78 is 39.7. The van der Waals surface area contributed by atoms with E-state index in [1.807, 2.05) is 47.0 Å². The second-order valence-electron chi connectivity index (χ2n) is 8.93. The van der Waals surface area contributed by atoms with Crippen LogP contribution in [0, 0.1) is 11.8 Å². The molecule has 3 aromatic rings. The zero-order valence-electron chi connectivity index (χ0n) is 19.8. The number of carboxylic acid groups (broad SMARTS) is 1. The molecule has 0 saturated carbocycles. The van der Waals surface area contributed by atoms with Gasteiger partial charge in [-0.05, 0) is 18.2 Å². The Hall–Kier alpha value is -3.93. The van der Waals surface area contributed by atoms with Crippen LogP contribution in [-0.4, -0.2) is 75.9 Å². The Kier molecular flexibility index (Phi) is 7.48. The van der Waals surface area contributed by atoms with Crippen molar-refractivity contribution in [3.63, 3.8) is 0 Å². The summed E-state index contributed by atoms with van der Waals surface area (Å²) in [6, 6.07) is 11.4. The van der Waals surface area contributed by atoms with Gasteiger partial charge >= 0.3 is 12.1 Å². The number of aliphatic carboxylic acids is 1. The minimum Gasteiger partial charge on any atom is -0.475 e. The van der Waals surface area contributed by atoms with Gasteiger partial charge in [0.25, 0.3) is 11.8 Å². The first-order chi connectivity index (χ1) is 17.6. The number of amides is 2.